The van der Waals surface area contributed by atoms with Crippen molar-refractivity contribution in [2.75, 3.05) is 31.2 Å². The first-order valence-electron chi connectivity index (χ1n) is 4.97. The molecular formula is C10H15FN2O3S. The number of halogens is 1. The molecule has 0 aliphatic carbocycles. The molecule has 1 rings (SSSR count). The Balaban J connectivity index is 2.81. The Morgan fingerprint density at radius 2 is 2.12 bits per heavy atom. The summed E-state index contributed by atoms with van der Waals surface area (Å²) in [6.07, 6.45) is 0. The van der Waals surface area contributed by atoms with Crippen molar-refractivity contribution >= 4 is 15.7 Å². The molecule has 96 valence electrons. The Labute approximate surface area is 100 Å². The van der Waals surface area contributed by atoms with E-state index in [9.17, 15) is 12.8 Å². The van der Waals surface area contributed by atoms with E-state index in [2.05, 4.69) is 10.0 Å². The first-order valence-corrected chi connectivity index (χ1v) is 6.62. The van der Waals surface area contributed by atoms with Crippen LogP contribution in [-0.4, -0.2) is 34.9 Å². The summed E-state index contributed by atoms with van der Waals surface area (Å²) in [6.45, 7) is 0.341. The molecule has 2 N–H and O–H groups in total. The summed E-state index contributed by atoms with van der Waals surface area (Å²) in [6, 6.07) is 3.79. The number of benzene rings is 1. The smallest absolute Gasteiger partial charge is 0.233 e. The van der Waals surface area contributed by atoms with Gasteiger partial charge >= 0.3 is 0 Å². The molecule has 0 radical (unpaired) electrons. The standard InChI is InChI=1S/C10H15FN2O3S/c1-12-5-6-17(14,15)13-8-3-4-9(11)10(7-8)16-2/h3-4,7,12-13H,5-6H2,1-2H3. The van der Waals surface area contributed by atoms with Crippen LogP contribution in [0, 0.1) is 5.82 Å². The predicted molar refractivity (Wildman–Crippen MR) is 64.3 cm³/mol. The Morgan fingerprint density at radius 3 is 2.71 bits per heavy atom. The molecule has 0 aliphatic rings. The lowest BCUT2D eigenvalue weighted by Gasteiger charge is -2.09. The van der Waals surface area contributed by atoms with Gasteiger partial charge in [0, 0.05) is 12.6 Å². The van der Waals surface area contributed by atoms with Crippen molar-refractivity contribution in [2.45, 2.75) is 0 Å². The van der Waals surface area contributed by atoms with E-state index in [1.807, 2.05) is 0 Å². The third-order valence-corrected chi connectivity index (χ3v) is 3.33. The highest BCUT2D eigenvalue weighted by atomic mass is 32.2. The zero-order valence-electron chi connectivity index (χ0n) is 9.66. The number of ether oxygens (including phenoxy) is 1. The molecule has 0 amide bonds. The molecule has 0 atom stereocenters. The third-order valence-electron chi connectivity index (χ3n) is 2.05. The number of hydrogen-bond donors (Lipinski definition) is 2. The van der Waals surface area contributed by atoms with Crippen LogP contribution in [-0.2, 0) is 10.0 Å². The van der Waals surface area contributed by atoms with Crippen molar-refractivity contribution in [3.63, 3.8) is 0 Å². The molecule has 1 aromatic rings. The normalized spacial score (nSPS) is 11.2. The summed E-state index contributed by atoms with van der Waals surface area (Å²) in [4.78, 5) is 0. The molecule has 0 saturated carbocycles. The van der Waals surface area contributed by atoms with E-state index in [0.29, 0.717) is 6.54 Å². The van der Waals surface area contributed by atoms with Gasteiger partial charge in [-0.05, 0) is 19.2 Å². The molecule has 0 bridgehead atoms. The van der Waals surface area contributed by atoms with Gasteiger partial charge in [0.1, 0.15) is 0 Å². The van der Waals surface area contributed by atoms with Crippen LogP contribution in [0.2, 0.25) is 0 Å². The van der Waals surface area contributed by atoms with Crippen LogP contribution >= 0.6 is 0 Å². The van der Waals surface area contributed by atoms with Gasteiger partial charge in [0.05, 0.1) is 18.6 Å². The average molecular weight is 262 g/mol. The van der Waals surface area contributed by atoms with E-state index in [4.69, 9.17) is 4.74 Å². The predicted octanol–water partition coefficient (Wildman–Crippen LogP) is 0.795. The fourth-order valence-electron chi connectivity index (χ4n) is 1.19. The minimum atomic E-state index is -3.43. The molecular weight excluding hydrogens is 247 g/mol. The number of rotatable bonds is 6. The zero-order chi connectivity index (χ0) is 12.9. The lowest BCUT2D eigenvalue weighted by atomic mass is 10.3. The van der Waals surface area contributed by atoms with Crippen molar-refractivity contribution in [1.29, 1.82) is 0 Å². The van der Waals surface area contributed by atoms with Crippen LogP contribution in [0.5, 0.6) is 5.75 Å². The van der Waals surface area contributed by atoms with Crippen molar-refractivity contribution in [3.8, 4) is 5.75 Å². The summed E-state index contributed by atoms with van der Waals surface area (Å²) < 4.78 is 43.3. The van der Waals surface area contributed by atoms with E-state index in [-0.39, 0.29) is 17.2 Å². The van der Waals surface area contributed by atoms with Gasteiger partial charge in [0.2, 0.25) is 10.0 Å². The summed E-state index contributed by atoms with van der Waals surface area (Å²) in [5, 5.41) is 2.74. The quantitative estimate of drug-likeness (QED) is 0.795. The highest BCUT2D eigenvalue weighted by molar-refractivity contribution is 7.92. The Morgan fingerprint density at radius 1 is 1.41 bits per heavy atom. The Bertz CT molecular complexity index is 476. The van der Waals surface area contributed by atoms with Crippen molar-refractivity contribution < 1.29 is 17.5 Å². The molecule has 0 saturated heterocycles. The van der Waals surface area contributed by atoms with Crippen LogP contribution in [0.15, 0.2) is 18.2 Å². The number of nitrogens with one attached hydrogen (secondary N) is 2. The molecule has 7 heteroatoms. The van der Waals surface area contributed by atoms with E-state index in [1.54, 1.807) is 7.05 Å². The molecule has 5 nitrogen and oxygen atoms in total. The second-order valence-corrected chi connectivity index (χ2v) is 5.22. The van der Waals surface area contributed by atoms with E-state index in [0.717, 1.165) is 6.07 Å². The zero-order valence-corrected chi connectivity index (χ0v) is 10.5. The van der Waals surface area contributed by atoms with E-state index in [1.165, 1.54) is 19.2 Å². The molecule has 0 aromatic heterocycles. The Hall–Kier alpha value is -1.34. The first-order chi connectivity index (χ1) is 7.98. The summed E-state index contributed by atoms with van der Waals surface area (Å²) in [5.41, 5.74) is 0.277. The molecule has 1 aromatic carbocycles. The third kappa shape index (κ3) is 4.20. The van der Waals surface area contributed by atoms with E-state index >= 15 is 0 Å². The lowest BCUT2D eigenvalue weighted by Crippen LogP contribution is -2.24. The summed E-state index contributed by atoms with van der Waals surface area (Å²) in [5.74, 6) is -0.590. The monoisotopic (exact) mass is 262 g/mol. The van der Waals surface area contributed by atoms with Gasteiger partial charge in [-0.15, -0.1) is 0 Å². The highest BCUT2D eigenvalue weighted by Crippen LogP contribution is 2.22. The highest BCUT2D eigenvalue weighted by Gasteiger charge is 2.11. The van der Waals surface area contributed by atoms with Crippen LogP contribution in [0.1, 0.15) is 0 Å². The van der Waals surface area contributed by atoms with Crippen LogP contribution in [0.4, 0.5) is 10.1 Å². The molecule has 17 heavy (non-hydrogen) atoms. The van der Waals surface area contributed by atoms with Crippen LogP contribution < -0.4 is 14.8 Å². The van der Waals surface area contributed by atoms with Crippen LogP contribution in [0.3, 0.4) is 0 Å². The van der Waals surface area contributed by atoms with Crippen LogP contribution in [0.25, 0.3) is 0 Å². The maximum atomic E-state index is 13.1. The van der Waals surface area contributed by atoms with Gasteiger partial charge in [-0.2, -0.15) is 0 Å². The van der Waals surface area contributed by atoms with Gasteiger partial charge in [0.15, 0.2) is 11.6 Å². The summed E-state index contributed by atoms with van der Waals surface area (Å²) >= 11 is 0. The molecule has 0 heterocycles. The fraction of sp³-hybridized carbons (Fsp3) is 0.400. The van der Waals surface area contributed by atoms with Gasteiger partial charge in [-0.25, -0.2) is 12.8 Å². The van der Waals surface area contributed by atoms with Gasteiger partial charge in [-0.1, -0.05) is 0 Å². The van der Waals surface area contributed by atoms with Gasteiger partial charge in [-0.3, -0.25) is 4.72 Å². The fourth-order valence-corrected chi connectivity index (χ4v) is 2.25. The lowest BCUT2D eigenvalue weighted by molar-refractivity contribution is 0.387. The van der Waals surface area contributed by atoms with Gasteiger partial charge < -0.3 is 10.1 Å². The molecule has 0 unspecified atom stereocenters. The number of anilines is 1. The number of sulfonamides is 1. The number of methoxy groups -OCH3 is 1. The SMILES string of the molecule is CNCCS(=O)(=O)Nc1ccc(F)c(OC)c1. The minimum Gasteiger partial charge on any atom is -0.494 e. The second kappa shape index (κ2) is 5.83. The molecule has 0 fully saturated rings. The van der Waals surface area contributed by atoms with Crippen molar-refractivity contribution in [3.05, 3.63) is 24.0 Å². The Kier molecular flexibility index (Phi) is 4.71. The summed E-state index contributed by atoms with van der Waals surface area (Å²) in [7, 11) is -0.445. The maximum absolute atomic E-state index is 13.1. The van der Waals surface area contributed by atoms with E-state index < -0.39 is 15.8 Å². The van der Waals surface area contributed by atoms with Crippen molar-refractivity contribution in [1.82, 2.24) is 5.32 Å². The number of hydrogen-bond acceptors (Lipinski definition) is 4. The van der Waals surface area contributed by atoms with Crippen molar-refractivity contribution in [2.24, 2.45) is 0 Å². The average Bonchev–Trinajstić information content (AvgIpc) is 2.29. The minimum absolute atomic E-state index is 0.00110. The molecule has 0 aliphatic heterocycles. The second-order valence-electron chi connectivity index (χ2n) is 3.37. The molecule has 0 spiro atoms. The largest absolute Gasteiger partial charge is 0.494 e. The first kappa shape index (κ1) is 13.7. The topological polar surface area (TPSA) is 67.4 Å². The van der Waals surface area contributed by atoms with Gasteiger partial charge in [0.25, 0.3) is 0 Å². The maximum Gasteiger partial charge on any atom is 0.233 e.